The van der Waals surface area contributed by atoms with Crippen LogP contribution in [0.25, 0.3) is 0 Å². The van der Waals surface area contributed by atoms with E-state index < -0.39 is 15.9 Å². The molecule has 0 radical (unpaired) electrons. The Labute approximate surface area is 157 Å². The first-order valence-electron chi connectivity index (χ1n) is 8.38. The van der Waals surface area contributed by atoms with Gasteiger partial charge in [0.05, 0.1) is 12.8 Å². The van der Waals surface area contributed by atoms with Crippen LogP contribution in [0.5, 0.6) is 0 Å². The predicted molar refractivity (Wildman–Crippen MR) is 99.9 cm³/mol. The first kappa shape index (κ1) is 18.9. The van der Waals surface area contributed by atoms with Gasteiger partial charge in [-0.3, -0.25) is 4.79 Å². The molecule has 2 aromatic heterocycles. The second kappa shape index (κ2) is 7.81. The molecule has 0 aliphatic rings. The highest BCUT2D eigenvalue weighted by Crippen LogP contribution is 2.19. The second-order valence-corrected chi connectivity index (χ2v) is 7.95. The largest absolute Gasteiger partial charge is 0.468 e. The minimum atomic E-state index is -3.89. The number of anilines is 1. The molecule has 2 heterocycles. The van der Waals surface area contributed by atoms with Gasteiger partial charge >= 0.3 is 0 Å². The van der Waals surface area contributed by atoms with Gasteiger partial charge in [-0.25, -0.2) is 13.1 Å². The predicted octanol–water partition coefficient (Wildman–Crippen LogP) is 3.73. The summed E-state index contributed by atoms with van der Waals surface area (Å²) < 4.78 is 37.1. The number of benzene rings is 1. The lowest BCUT2D eigenvalue weighted by Gasteiger charge is -2.07. The molecule has 0 aliphatic heterocycles. The maximum Gasteiger partial charge on any atom is 0.291 e. The van der Waals surface area contributed by atoms with Crippen molar-refractivity contribution in [1.82, 2.24) is 4.72 Å². The lowest BCUT2D eigenvalue weighted by Crippen LogP contribution is -2.22. The Morgan fingerprint density at radius 2 is 1.81 bits per heavy atom. The van der Waals surface area contributed by atoms with Gasteiger partial charge < -0.3 is 14.2 Å². The fourth-order valence-electron chi connectivity index (χ4n) is 2.38. The summed E-state index contributed by atoms with van der Waals surface area (Å²) in [6, 6.07) is 13.3. The van der Waals surface area contributed by atoms with E-state index in [-0.39, 0.29) is 17.4 Å². The molecule has 3 rings (SSSR count). The third kappa shape index (κ3) is 4.66. The van der Waals surface area contributed by atoms with Crippen molar-refractivity contribution in [3.63, 3.8) is 0 Å². The number of hydrogen-bond donors (Lipinski definition) is 2. The Balaban J connectivity index is 1.66. The highest BCUT2D eigenvalue weighted by molar-refractivity contribution is 7.89. The van der Waals surface area contributed by atoms with E-state index in [4.69, 9.17) is 8.83 Å². The first-order valence-corrected chi connectivity index (χ1v) is 9.86. The Bertz CT molecular complexity index is 1000. The molecule has 27 heavy (non-hydrogen) atoms. The second-order valence-electron chi connectivity index (χ2n) is 6.25. The van der Waals surface area contributed by atoms with Crippen molar-refractivity contribution in [3.8, 4) is 0 Å². The zero-order valence-electron chi connectivity index (χ0n) is 14.9. The minimum absolute atomic E-state index is 0.0141. The van der Waals surface area contributed by atoms with Gasteiger partial charge in [-0.1, -0.05) is 26.0 Å². The molecule has 0 bridgehead atoms. The number of rotatable bonds is 7. The van der Waals surface area contributed by atoms with E-state index in [2.05, 4.69) is 23.9 Å². The fraction of sp³-hybridized carbons (Fsp3) is 0.211. The number of nitrogens with one attached hydrogen (secondary N) is 2. The summed E-state index contributed by atoms with van der Waals surface area (Å²) in [7, 11) is -3.89. The summed E-state index contributed by atoms with van der Waals surface area (Å²) in [5.74, 6) is 0.232. The number of furan rings is 2. The van der Waals surface area contributed by atoms with Crippen LogP contribution in [-0.4, -0.2) is 14.3 Å². The Morgan fingerprint density at radius 1 is 1.07 bits per heavy atom. The molecule has 2 N–H and O–H groups in total. The van der Waals surface area contributed by atoms with Gasteiger partial charge in [-0.2, -0.15) is 0 Å². The molecule has 0 fully saturated rings. The van der Waals surface area contributed by atoms with Crippen LogP contribution in [0.15, 0.2) is 68.7 Å². The lowest BCUT2D eigenvalue weighted by molar-refractivity contribution is 0.0991. The van der Waals surface area contributed by atoms with Crippen molar-refractivity contribution in [2.75, 3.05) is 5.32 Å². The third-order valence-corrected chi connectivity index (χ3v) is 5.20. The molecular formula is C19H20N2O5S. The number of hydrogen-bond acceptors (Lipinski definition) is 5. The zero-order valence-corrected chi connectivity index (χ0v) is 15.7. The average Bonchev–Trinajstić information content (AvgIpc) is 3.32. The Kier molecular flexibility index (Phi) is 5.48. The topological polar surface area (TPSA) is 102 Å². The normalized spacial score (nSPS) is 11.7. The molecular weight excluding hydrogens is 368 g/mol. The molecule has 0 spiro atoms. The highest BCUT2D eigenvalue weighted by Gasteiger charge is 2.21. The smallest absolute Gasteiger partial charge is 0.291 e. The van der Waals surface area contributed by atoms with E-state index in [1.807, 2.05) is 12.1 Å². The van der Waals surface area contributed by atoms with Crippen LogP contribution in [0.2, 0.25) is 0 Å². The van der Waals surface area contributed by atoms with Crippen molar-refractivity contribution in [3.05, 3.63) is 71.9 Å². The highest BCUT2D eigenvalue weighted by atomic mass is 32.2. The molecule has 1 aromatic carbocycles. The zero-order chi connectivity index (χ0) is 19.4. The van der Waals surface area contributed by atoms with Gasteiger partial charge in [0, 0.05) is 5.69 Å². The summed E-state index contributed by atoms with van der Waals surface area (Å²) in [6.45, 7) is 4.15. The molecule has 3 aromatic rings. The molecule has 142 valence electrons. The third-order valence-electron chi connectivity index (χ3n) is 3.92. The maximum atomic E-state index is 12.3. The standard InChI is InChI=1S/C19H20N2O5S/c1-13(2)14-5-7-15(8-6-14)21-19(22)17-9-10-18(26-17)27(23,24)20-12-16-4-3-11-25-16/h3-11,13,20H,12H2,1-2H3,(H,21,22). The van der Waals surface area contributed by atoms with Crippen LogP contribution in [0.3, 0.4) is 0 Å². The lowest BCUT2D eigenvalue weighted by atomic mass is 10.0. The van der Waals surface area contributed by atoms with Crippen molar-refractivity contribution in [2.45, 2.75) is 31.4 Å². The van der Waals surface area contributed by atoms with E-state index in [0.29, 0.717) is 17.4 Å². The number of carbonyl (C=O) groups is 1. The molecule has 7 nitrogen and oxygen atoms in total. The monoisotopic (exact) mass is 388 g/mol. The molecule has 0 saturated heterocycles. The van der Waals surface area contributed by atoms with E-state index in [9.17, 15) is 13.2 Å². The van der Waals surface area contributed by atoms with Crippen LogP contribution >= 0.6 is 0 Å². The number of carbonyl (C=O) groups excluding carboxylic acids is 1. The SMILES string of the molecule is CC(C)c1ccc(NC(=O)c2ccc(S(=O)(=O)NCc3ccco3)o2)cc1. The summed E-state index contributed by atoms with van der Waals surface area (Å²) in [6.07, 6.45) is 1.45. The molecule has 0 atom stereocenters. The fourth-order valence-corrected chi connectivity index (χ4v) is 3.30. The quantitative estimate of drug-likeness (QED) is 0.642. The van der Waals surface area contributed by atoms with Crippen LogP contribution in [-0.2, 0) is 16.6 Å². The van der Waals surface area contributed by atoms with Crippen molar-refractivity contribution in [2.24, 2.45) is 0 Å². The first-order chi connectivity index (χ1) is 12.8. The van der Waals surface area contributed by atoms with Crippen molar-refractivity contribution in [1.29, 1.82) is 0 Å². The summed E-state index contributed by atoms with van der Waals surface area (Å²) in [4.78, 5) is 12.3. The van der Waals surface area contributed by atoms with Gasteiger partial charge in [-0.15, -0.1) is 0 Å². The van der Waals surface area contributed by atoms with E-state index in [0.717, 1.165) is 5.56 Å². The van der Waals surface area contributed by atoms with Crippen LogP contribution in [0.4, 0.5) is 5.69 Å². The van der Waals surface area contributed by atoms with Crippen LogP contribution < -0.4 is 10.0 Å². The van der Waals surface area contributed by atoms with Gasteiger partial charge in [0.15, 0.2) is 5.76 Å². The van der Waals surface area contributed by atoms with Gasteiger partial charge in [0.1, 0.15) is 5.76 Å². The maximum absolute atomic E-state index is 12.3. The van der Waals surface area contributed by atoms with E-state index >= 15 is 0 Å². The summed E-state index contributed by atoms with van der Waals surface area (Å²) in [5.41, 5.74) is 1.75. The van der Waals surface area contributed by atoms with E-state index in [1.54, 1.807) is 24.3 Å². The minimum Gasteiger partial charge on any atom is -0.468 e. The summed E-state index contributed by atoms with van der Waals surface area (Å²) >= 11 is 0. The van der Waals surface area contributed by atoms with Crippen molar-refractivity contribution < 1.29 is 22.0 Å². The Morgan fingerprint density at radius 3 is 2.44 bits per heavy atom. The average molecular weight is 388 g/mol. The summed E-state index contributed by atoms with van der Waals surface area (Å²) in [5, 5.41) is 2.34. The molecule has 0 saturated carbocycles. The van der Waals surface area contributed by atoms with Gasteiger partial charge in [0.2, 0.25) is 5.09 Å². The molecule has 0 unspecified atom stereocenters. The van der Waals surface area contributed by atoms with Gasteiger partial charge in [0.25, 0.3) is 15.9 Å². The number of sulfonamides is 1. The van der Waals surface area contributed by atoms with Crippen molar-refractivity contribution >= 4 is 21.6 Å². The van der Waals surface area contributed by atoms with Crippen LogP contribution in [0, 0.1) is 0 Å². The van der Waals surface area contributed by atoms with Gasteiger partial charge in [-0.05, 0) is 47.9 Å². The molecule has 8 heteroatoms. The Hall–Kier alpha value is -2.84. The molecule has 1 amide bonds. The molecule has 0 aliphatic carbocycles. The van der Waals surface area contributed by atoms with E-state index in [1.165, 1.54) is 18.4 Å². The number of amides is 1. The van der Waals surface area contributed by atoms with Crippen LogP contribution in [0.1, 0.15) is 41.6 Å².